The van der Waals surface area contributed by atoms with Crippen LogP contribution in [0, 0.1) is 6.92 Å². The number of rotatable bonds is 8. The third kappa shape index (κ3) is 5.13. The average Bonchev–Trinajstić information content (AvgIpc) is 3.50. The van der Waals surface area contributed by atoms with Crippen molar-refractivity contribution in [3.8, 4) is 11.3 Å². The molecule has 2 saturated heterocycles. The lowest BCUT2D eigenvalue weighted by molar-refractivity contribution is 0.0365. The number of hydrogen-bond acceptors (Lipinski definition) is 6. The van der Waals surface area contributed by atoms with Crippen LogP contribution in [0.5, 0.6) is 0 Å². The van der Waals surface area contributed by atoms with E-state index in [1.54, 1.807) is 24.4 Å². The highest BCUT2D eigenvalue weighted by Gasteiger charge is 2.41. The van der Waals surface area contributed by atoms with Crippen molar-refractivity contribution >= 4 is 23.3 Å². The molecule has 2 aliphatic rings. The van der Waals surface area contributed by atoms with Gasteiger partial charge in [0.05, 0.1) is 30.5 Å². The van der Waals surface area contributed by atoms with Crippen LogP contribution >= 0.6 is 12.2 Å². The number of aryl methyl sites for hydroxylation is 1. The van der Waals surface area contributed by atoms with Crippen molar-refractivity contribution in [1.82, 2.24) is 20.1 Å². The summed E-state index contributed by atoms with van der Waals surface area (Å²) in [4.78, 5) is 20.6. The van der Waals surface area contributed by atoms with Crippen molar-refractivity contribution in [3.05, 3.63) is 77.3 Å². The van der Waals surface area contributed by atoms with Gasteiger partial charge in [0, 0.05) is 37.9 Å². The Morgan fingerprint density at radius 2 is 2.00 bits per heavy atom. The van der Waals surface area contributed by atoms with Crippen LogP contribution in [0.25, 0.3) is 11.3 Å². The molecule has 2 N–H and O–H groups in total. The Hall–Kier alpha value is -3.27. The maximum atomic E-state index is 11.3. The zero-order valence-corrected chi connectivity index (χ0v) is 21.0. The van der Waals surface area contributed by atoms with Crippen LogP contribution in [0.3, 0.4) is 0 Å². The highest BCUT2D eigenvalue weighted by Crippen LogP contribution is 2.40. The topological polar surface area (TPSA) is 91.1 Å². The van der Waals surface area contributed by atoms with E-state index in [1.165, 1.54) is 0 Å². The van der Waals surface area contributed by atoms with E-state index in [4.69, 9.17) is 21.4 Å². The lowest BCUT2D eigenvalue weighted by Gasteiger charge is -2.29. The highest BCUT2D eigenvalue weighted by atomic mass is 32.1. The second-order valence-electron chi connectivity index (χ2n) is 9.16. The Morgan fingerprint density at radius 1 is 1.17 bits per heavy atom. The van der Waals surface area contributed by atoms with Crippen LogP contribution in [0.1, 0.15) is 45.9 Å². The van der Waals surface area contributed by atoms with Crippen LogP contribution in [0.2, 0.25) is 0 Å². The first kappa shape index (κ1) is 24.4. The minimum absolute atomic E-state index is 0.142. The SMILES string of the molecule is Cc1cc(C(=O)O)ccc1-c1ccc([C@@H]2[C@H](c3ccccn3)NC(=S)N2CCCN2CCOCC2)o1. The number of furan rings is 1. The smallest absolute Gasteiger partial charge is 0.335 e. The molecular formula is C27H30N4O4S. The normalized spacial score (nSPS) is 20.5. The largest absolute Gasteiger partial charge is 0.478 e. The van der Waals surface area contributed by atoms with Gasteiger partial charge in [0.15, 0.2) is 5.11 Å². The van der Waals surface area contributed by atoms with Gasteiger partial charge in [-0.3, -0.25) is 9.88 Å². The van der Waals surface area contributed by atoms with E-state index in [0.29, 0.717) is 10.9 Å². The van der Waals surface area contributed by atoms with E-state index in [1.807, 2.05) is 37.3 Å². The molecule has 1 aromatic carbocycles. The number of aromatic carboxylic acids is 1. The van der Waals surface area contributed by atoms with Crippen LogP contribution in [-0.4, -0.2) is 70.4 Å². The molecule has 9 heteroatoms. The molecule has 0 spiro atoms. The zero-order valence-electron chi connectivity index (χ0n) is 20.2. The van der Waals surface area contributed by atoms with E-state index in [-0.39, 0.29) is 17.6 Å². The number of carbonyl (C=O) groups is 1. The first-order valence-electron chi connectivity index (χ1n) is 12.2. The van der Waals surface area contributed by atoms with Crippen LogP contribution in [-0.2, 0) is 4.74 Å². The number of aromatic nitrogens is 1. The van der Waals surface area contributed by atoms with E-state index in [9.17, 15) is 9.90 Å². The van der Waals surface area contributed by atoms with Crippen molar-refractivity contribution in [2.24, 2.45) is 0 Å². The van der Waals surface area contributed by atoms with Gasteiger partial charge in [-0.15, -0.1) is 0 Å². The fraction of sp³-hybridized carbons (Fsp3) is 0.370. The Kier molecular flexibility index (Phi) is 7.31. The number of ether oxygens (including phenoxy) is 1. The first-order chi connectivity index (χ1) is 17.5. The monoisotopic (exact) mass is 506 g/mol. The first-order valence-corrected chi connectivity index (χ1v) is 12.6. The standard InChI is InChI=1S/C27H30N4O4S/c1-18-17-19(26(32)33)6-7-20(18)22-8-9-23(35-22)25-24(21-5-2-3-10-28-21)29-27(36)31(25)12-4-11-30-13-15-34-16-14-30/h2-3,5-10,17,24-25H,4,11-16H2,1H3,(H,29,36)(H,32,33)/t24-,25+/m0/s1. The number of pyridine rings is 1. The summed E-state index contributed by atoms with van der Waals surface area (Å²) >= 11 is 5.78. The molecule has 0 unspecified atom stereocenters. The van der Waals surface area contributed by atoms with E-state index in [0.717, 1.165) is 68.4 Å². The summed E-state index contributed by atoms with van der Waals surface area (Å²) in [5.74, 6) is 0.549. The molecule has 2 fully saturated rings. The van der Waals surface area contributed by atoms with Gasteiger partial charge in [0.2, 0.25) is 0 Å². The third-order valence-corrected chi connectivity index (χ3v) is 7.18. The van der Waals surface area contributed by atoms with Crippen molar-refractivity contribution in [1.29, 1.82) is 0 Å². The fourth-order valence-corrected chi connectivity index (χ4v) is 5.31. The van der Waals surface area contributed by atoms with Gasteiger partial charge in [-0.1, -0.05) is 12.1 Å². The summed E-state index contributed by atoms with van der Waals surface area (Å²) in [6.45, 7) is 7.17. The highest BCUT2D eigenvalue weighted by molar-refractivity contribution is 7.80. The van der Waals surface area contributed by atoms with Crippen LogP contribution < -0.4 is 5.32 Å². The Balaban J connectivity index is 1.41. The molecular weight excluding hydrogens is 476 g/mol. The number of morpholine rings is 1. The van der Waals surface area contributed by atoms with Crippen molar-refractivity contribution < 1.29 is 19.1 Å². The molecule has 188 valence electrons. The van der Waals surface area contributed by atoms with Gasteiger partial charge >= 0.3 is 5.97 Å². The molecule has 0 radical (unpaired) electrons. The predicted molar refractivity (Wildman–Crippen MR) is 140 cm³/mol. The number of nitrogens with zero attached hydrogens (tertiary/aromatic N) is 3. The lowest BCUT2D eigenvalue weighted by Crippen LogP contribution is -2.38. The quantitative estimate of drug-likeness (QED) is 0.439. The molecule has 36 heavy (non-hydrogen) atoms. The summed E-state index contributed by atoms with van der Waals surface area (Å²) in [5.41, 5.74) is 2.88. The predicted octanol–water partition coefficient (Wildman–Crippen LogP) is 4.04. The molecule has 3 aromatic rings. The van der Waals surface area contributed by atoms with Gasteiger partial charge in [-0.05, 0) is 67.5 Å². The lowest BCUT2D eigenvalue weighted by atomic mass is 10.0. The van der Waals surface area contributed by atoms with Gasteiger partial charge < -0.3 is 24.5 Å². The molecule has 0 aliphatic carbocycles. The second-order valence-corrected chi connectivity index (χ2v) is 9.55. The maximum absolute atomic E-state index is 11.3. The molecule has 2 aromatic heterocycles. The zero-order chi connectivity index (χ0) is 25.1. The van der Waals surface area contributed by atoms with Gasteiger partial charge in [-0.2, -0.15) is 0 Å². The Labute approximate surface area is 215 Å². The molecule has 8 nitrogen and oxygen atoms in total. The van der Waals surface area contributed by atoms with Crippen LogP contribution in [0.15, 0.2) is 59.1 Å². The maximum Gasteiger partial charge on any atom is 0.335 e. The van der Waals surface area contributed by atoms with E-state index < -0.39 is 5.97 Å². The molecule has 2 aliphatic heterocycles. The van der Waals surface area contributed by atoms with Crippen molar-refractivity contribution in [2.75, 3.05) is 39.4 Å². The summed E-state index contributed by atoms with van der Waals surface area (Å²) in [7, 11) is 0. The minimum atomic E-state index is -0.943. The average molecular weight is 507 g/mol. The van der Waals surface area contributed by atoms with Gasteiger partial charge in [-0.25, -0.2) is 4.79 Å². The number of thiocarbonyl (C=S) groups is 1. The van der Waals surface area contributed by atoms with Gasteiger partial charge in [0.1, 0.15) is 17.6 Å². The summed E-state index contributed by atoms with van der Waals surface area (Å²) < 4.78 is 11.9. The Morgan fingerprint density at radius 3 is 2.72 bits per heavy atom. The molecule has 0 saturated carbocycles. The van der Waals surface area contributed by atoms with Crippen molar-refractivity contribution in [3.63, 3.8) is 0 Å². The van der Waals surface area contributed by atoms with Gasteiger partial charge in [0.25, 0.3) is 0 Å². The summed E-state index contributed by atoms with van der Waals surface area (Å²) in [5, 5.41) is 13.5. The molecule has 2 atom stereocenters. The Bertz CT molecular complexity index is 1230. The third-order valence-electron chi connectivity index (χ3n) is 6.83. The number of carboxylic acids is 1. The number of hydrogen-bond donors (Lipinski definition) is 2. The van der Waals surface area contributed by atoms with E-state index >= 15 is 0 Å². The van der Waals surface area contributed by atoms with Crippen molar-refractivity contribution in [2.45, 2.75) is 25.4 Å². The fourth-order valence-electron chi connectivity index (χ4n) is 4.97. The molecule has 0 bridgehead atoms. The summed E-state index contributed by atoms with van der Waals surface area (Å²) in [6, 6.07) is 14.6. The summed E-state index contributed by atoms with van der Waals surface area (Å²) in [6.07, 6.45) is 2.76. The second kappa shape index (κ2) is 10.8. The molecule has 0 amide bonds. The number of carboxylic acid groups (broad SMARTS) is 1. The van der Waals surface area contributed by atoms with Crippen LogP contribution in [0.4, 0.5) is 0 Å². The van der Waals surface area contributed by atoms with E-state index in [2.05, 4.69) is 20.1 Å². The molecule has 5 rings (SSSR count). The molecule has 4 heterocycles. The number of benzene rings is 1. The minimum Gasteiger partial charge on any atom is -0.478 e. The number of nitrogens with one attached hydrogen (secondary N) is 1.